The Morgan fingerprint density at radius 2 is 1.68 bits per heavy atom. The van der Waals surface area contributed by atoms with Crippen LogP contribution in [-0.2, 0) is 22.4 Å². The van der Waals surface area contributed by atoms with Gasteiger partial charge in [0, 0.05) is 5.69 Å². The number of ether oxygens (including phenoxy) is 1. The third kappa shape index (κ3) is 4.57. The van der Waals surface area contributed by atoms with Gasteiger partial charge in [0.15, 0.2) is 6.61 Å². The van der Waals surface area contributed by atoms with Gasteiger partial charge in [-0.2, -0.15) is 0 Å². The molecule has 0 aliphatic rings. The molecule has 0 radical (unpaired) electrons. The molecule has 0 spiro atoms. The van der Waals surface area contributed by atoms with E-state index in [0.717, 1.165) is 35.7 Å². The topological polar surface area (TPSA) is 55.4 Å². The number of hydrogen-bond acceptors (Lipinski definition) is 3. The highest BCUT2D eigenvalue weighted by Gasteiger charge is 2.19. The van der Waals surface area contributed by atoms with Crippen molar-refractivity contribution in [3.05, 3.63) is 63.9 Å². The molecule has 1 N–H and O–H groups in total. The van der Waals surface area contributed by atoms with Gasteiger partial charge in [-0.3, -0.25) is 4.79 Å². The quantitative estimate of drug-likeness (QED) is 0.774. The van der Waals surface area contributed by atoms with Crippen molar-refractivity contribution in [2.45, 2.75) is 26.7 Å². The van der Waals surface area contributed by atoms with E-state index in [9.17, 15) is 14.0 Å². The minimum atomic E-state index is -0.974. The second-order valence-electron chi connectivity index (χ2n) is 5.38. The zero-order valence-corrected chi connectivity index (χ0v) is 14.8. The van der Waals surface area contributed by atoms with Gasteiger partial charge in [-0.1, -0.05) is 49.7 Å². The second-order valence-corrected chi connectivity index (χ2v) is 5.79. The first-order valence-corrected chi connectivity index (χ1v) is 8.37. The van der Waals surface area contributed by atoms with Crippen LogP contribution in [0, 0.1) is 5.82 Å². The molecule has 2 rings (SSSR count). The SMILES string of the molecule is CCc1cccc(CC)c1NC(=O)COC(=O)c1c(F)cccc1Cl. The Bertz CT molecular complexity index is 750. The number of carbonyl (C=O) groups excluding carboxylic acids is 2. The number of hydrogen-bond donors (Lipinski definition) is 1. The molecule has 0 atom stereocenters. The number of rotatable bonds is 6. The molecule has 0 heterocycles. The molecule has 4 nitrogen and oxygen atoms in total. The first-order valence-electron chi connectivity index (χ1n) is 7.99. The minimum absolute atomic E-state index is 0.0602. The number of anilines is 1. The van der Waals surface area contributed by atoms with Crippen LogP contribution < -0.4 is 5.32 Å². The number of halogens is 2. The Kier molecular flexibility index (Phi) is 6.53. The summed E-state index contributed by atoms with van der Waals surface area (Å²) in [5, 5.41) is 2.71. The van der Waals surface area contributed by atoms with Gasteiger partial charge in [0.1, 0.15) is 11.4 Å². The average Bonchev–Trinajstić information content (AvgIpc) is 2.60. The molecular formula is C19H19ClFNO3. The number of carbonyl (C=O) groups is 2. The zero-order valence-electron chi connectivity index (χ0n) is 14.1. The maximum atomic E-state index is 13.7. The van der Waals surface area contributed by atoms with Crippen LogP contribution in [0.4, 0.5) is 10.1 Å². The highest BCUT2D eigenvalue weighted by Crippen LogP contribution is 2.23. The fraction of sp³-hybridized carbons (Fsp3) is 0.263. The summed E-state index contributed by atoms with van der Waals surface area (Å²) >= 11 is 5.81. The van der Waals surface area contributed by atoms with Gasteiger partial charge in [-0.05, 0) is 36.1 Å². The summed E-state index contributed by atoms with van der Waals surface area (Å²) in [7, 11) is 0. The van der Waals surface area contributed by atoms with Crippen molar-refractivity contribution in [2.75, 3.05) is 11.9 Å². The number of aryl methyl sites for hydroxylation is 2. The van der Waals surface area contributed by atoms with Crippen molar-refractivity contribution >= 4 is 29.2 Å². The van der Waals surface area contributed by atoms with Crippen molar-refractivity contribution in [3.8, 4) is 0 Å². The monoisotopic (exact) mass is 363 g/mol. The lowest BCUT2D eigenvalue weighted by Gasteiger charge is -2.14. The van der Waals surface area contributed by atoms with E-state index in [-0.39, 0.29) is 10.6 Å². The third-order valence-electron chi connectivity index (χ3n) is 3.76. The predicted molar refractivity (Wildman–Crippen MR) is 95.5 cm³/mol. The Morgan fingerprint density at radius 1 is 1.08 bits per heavy atom. The first-order chi connectivity index (χ1) is 12.0. The van der Waals surface area contributed by atoms with Crippen LogP contribution in [0.25, 0.3) is 0 Å². The largest absolute Gasteiger partial charge is 0.452 e. The molecule has 0 aliphatic carbocycles. The van der Waals surface area contributed by atoms with Gasteiger partial charge in [0.2, 0.25) is 0 Å². The molecule has 2 aromatic rings. The maximum absolute atomic E-state index is 13.7. The summed E-state index contributed by atoms with van der Waals surface area (Å²) in [6.45, 7) is 3.46. The van der Waals surface area contributed by atoms with Crippen molar-refractivity contribution in [1.82, 2.24) is 0 Å². The third-order valence-corrected chi connectivity index (χ3v) is 4.08. The number of esters is 1. The molecule has 0 unspecified atom stereocenters. The lowest BCUT2D eigenvalue weighted by molar-refractivity contribution is -0.119. The predicted octanol–water partition coefficient (Wildman–Crippen LogP) is 4.40. The Morgan fingerprint density at radius 3 is 2.24 bits per heavy atom. The van der Waals surface area contributed by atoms with Gasteiger partial charge >= 0.3 is 5.97 Å². The number of amides is 1. The van der Waals surface area contributed by atoms with E-state index in [2.05, 4.69) is 5.32 Å². The highest BCUT2D eigenvalue weighted by atomic mass is 35.5. The van der Waals surface area contributed by atoms with E-state index in [1.807, 2.05) is 32.0 Å². The summed E-state index contributed by atoms with van der Waals surface area (Å²) in [6.07, 6.45) is 1.52. The van der Waals surface area contributed by atoms with E-state index >= 15 is 0 Å². The van der Waals surface area contributed by atoms with Crippen LogP contribution in [0.2, 0.25) is 5.02 Å². The van der Waals surface area contributed by atoms with E-state index in [1.54, 1.807) is 0 Å². The molecule has 0 bridgehead atoms. The molecule has 0 aliphatic heterocycles. The summed E-state index contributed by atoms with van der Waals surface area (Å²) in [5.74, 6) is -2.25. The first kappa shape index (κ1) is 18.9. The maximum Gasteiger partial charge on any atom is 0.343 e. The molecule has 6 heteroatoms. The van der Waals surface area contributed by atoms with Gasteiger partial charge in [-0.25, -0.2) is 9.18 Å². The van der Waals surface area contributed by atoms with E-state index < -0.39 is 24.3 Å². The standard InChI is InChI=1S/C19H19ClFNO3/c1-3-12-7-5-8-13(4-2)18(12)22-16(23)11-25-19(24)17-14(20)9-6-10-15(17)21/h5-10H,3-4,11H2,1-2H3,(H,22,23). The van der Waals surface area contributed by atoms with Crippen molar-refractivity contribution < 1.29 is 18.7 Å². The van der Waals surface area contributed by atoms with Crippen LogP contribution in [0.5, 0.6) is 0 Å². The molecule has 1 amide bonds. The minimum Gasteiger partial charge on any atom is -0.452 e. The van der Waals surface area contributed by atoms with Crippen LogP contribution >= 0.6 is 11.6 Å². The van der Waals surface area contributed by atoms with Crippen molar-refractivity contribution in [1.29, 1.82) is 0 Å². The van der Waals surface area contributed by atoms with Crippen LogP contribution in [0.3, 0.4) is 0 Å². The number of nitrogens with one attached hydrogen (secondary N) is 1. The fourth-order valence-corrected chi connectivity index (χ4v) is 2.71. The van der Waals surface area contributed by atoms with Gasteiger partial charge in [-0.15, -0.1) is 0 Å². The Hall–Kier alpha value is -2.40. The molecule has 25 heavy (non-hydrogen) atoms. The van der Waals surface area contributed by atoms with Gasteiger partial charge in [0.25, 0.3) is 5.91 Å². The van der Waals surface area contributed by atoms with Crippen LogP contribution in [0.15, 0.2) is 36.4 Å². The number of para-hydroxylation sites is 1. The Labute approximate surface area is 150 Å². The molecule has 0 aromatic heterocycles. The molecule has 2 aromatic carbocycles. The average molecular weight is 364 g/mol. The molecular weight excluding hydrogens is 345 g/mol. The molecule has 0 saturated heterocycles. The normalized spacial score (nSPS) is 10.4. The summed E-state index contributed by atoms with van der Waals surface area (Å²) < 4.78 is 18.6. The lowest BCUT2D eigenvalue weighted by Crippen LogP contribution is -2.22. The second kappa shape index (κ2) is 8.62. The van der Waals surface area contributed by atoms with E-state index in [0.29, 0.717) is 0 Å². The van der Waals surface area contributed by atoms with E-state index in [4.69, 9.17) is 16.3 Å². The van der Waals surface area contributed by atoms with Crippen LogP contribution in [0.1, 0.15) is 35.3 Å². The summed E-state index contributed by atoms with van der Waals surface area (Å²) in [6, 6.07) is 9.67. The highest BCUT2D eigenvalue weighted by molar-refractivity contribution is 6.33. The number of benzene rings is 2. The molecule has 0 fully saturated rings. The summed E-state index contributed by atoms with van der Waals surface area (Å²) in [4.78, 5) is 24.1. The zero-order chi connectivity index (χ0) is 18.4. The lowest BCUT2D eigenvalue weighted by atomic mass is 10.0. The van der Waals surface area contributed by atoms with Gasteiger partial charge < -0.3 is 10.1 Å². The van der Waals surface area contributed by atoms with Crippen molar-refractivity contribution in [3.63, 3.8) is 0 Å². The van der Waals surface area contributed by atoms with Crippen LogP contribution in [-0.4, -0.2) is 18.5 Å². The van der Waals surface area contributed by atoms with Crippen molar-refractivity contribution in [2.24, 2.45) is 0 Å². The van der Waals surface area contributed by atoms with Gasteiger partial charge in [0.05, 0.1) is 5.02 Å². The van der Waals surface area contributed by atoms with E-state index in [1.165, 1.54) is 12.1 Å². The Balaban J connectivity index is 2.06. The smallest absolute Gasteiger partial charge is 0.343 e. The molecule has 132 valence electrons. The summed E-state index contributed by atoms with van der Waals surface area (Å²) in [5.41, 5.74) is 2.35. The fourth-order valence-electron chi connectivity index (χ4n) is 2.47. The molecule has 0 saturated carbocycles.